The molecule has 1 aliphatic rings. The minimum atomic E-state index is -3.85. The van der Waals surface area contributed by atoms with Crippen LogP contribution in [0.4, 0.5) is 11.4 Å². The summed E-state index contributed by atoms with van der Waals surface area (Å²) < 4.78 is 27.2. The second kappa shape index (κ2) is 7.75. The maximum Gasteiger partial charge on any atom is 0.269 e. The predicted molar refractivity (Wildman–Crippen MR) is 99.9 cm³/mol. The molecule has 142 valence electrons. The number of hydrogen-bond donors (Lipinski definition) is 1. The average molecular weight is 389 g/mol. The number of rotatable bonds is 6. The fourth-order valence-electron chi connectivity index (χ4n) is 2.90. The van der Waals surface area contributed by atoms with Gasteiger partial charge in [0.2, 0.25) is 5.91 Å². The monoisotopic (exact) mass is 389 g/mol. The lowest BCUT2D eigenvalue weighted by molar-refractivity contribution is -0.384. The van der Waals surface area contributed by atoms with Gasteiger partial charge in [-0.05, 0) is 42.7 Å². The van der Waals surface area contributed by atoms with Crippen LogP contribution in [0, 0.1) is 10.1 Å². The highest BCUT2D eigenvalue weighted by molar-refractivity contribution is 7.92. The molecule has 1 fully saturated rings. The van der Waals surface area contributed by atoms with Gasteiger partial charge in [0.15, 0.2) is 0 Å². The van der Waals surface area contributed by atoms with Crippen molar-refractivity contribution in [1.82, 2.24) is 4.90 Å². The van der Waals surface area contributed by atoms with E-state index >= 15 is 0 Å². The number of nitrogens with one attached hydrogen (secondary N) is 1. The number of nitro groups is 1. The Morgan fingerprint density at radius 1 is 1.04 bits per heavy atom. The second-order valence-electron chi connectivity index (χ2n) is 6.32. The molecule has 0 spiro atoms. The highest BCUT2D eigenvalue weighted by atomic mass is 32.2. The Morgan fingerprint density at radius 3 is 2.19 bits per heavy atom. The van der Waals surface area contributed by atoms with Crippen molar-refractivity contribution in [3.8, 4) is 0 Å². The molecule has 2 aromatic carbocycles. The van der Waals surface area contributed by atoms with Gasteiger partial charge in [0.25, 0.3) is 15.7 Å². The normalized spacial score (nSPS) is 14.1. The van der Waals surface area contributed by atoms with E-state index in [1.165, 1.54) is 12.1 Å². The van der Waals surface area contributed by atoms with Gasteiger partial charge in [0.1, 0.15) is 0 Å². The van der Waals surface area contributed by atoms with Crippen LogP contribution >= 0.6 is 0 Å². The third-order valence-corrected chi connectivity index (χ3v) is 5.78. The van der Waals surface area contributed by atoms with E-state index in [-0.39, 0.29) is 22.9 Å². The molecule has 27 heavy (non-hydrogen) atoms. The molecular weight excluding hydrogens is 370 g/mol. The Balaban J connectivity index is 1.66. The van der Waals surface area contributed by atoms with Gasteiger partial charge in [-0.15, -0.1) is 0 Å². The van der Waals surface area contributed by atoms with Crippen LogP contribution < -0.4 is 4.72 Å². The number of anilines is 1. The highest BCUT2D eigenvalue weighted by Gasteiger charge is 2.19. The quantitative estimate of drug-likeness (QED) is 0.603. The zero-order chi connectivity index (χ0) is 19.4. The number of amides is 1. The van der Waals surface area contributed by atoms with Gasteiger partial charge in [-0.25, -0.2) is 8.42 Å². The van der Waals surface area contributed by atoms with Crippen LogP contribution in [0.5, 0.6) is 0 Å². The first-order valence-electron chi connectivity index (χ1n) is 8.49. The Bertz CT molecular complexity index is 934. The molecule has 0 radical (unpaired) electrons. The van der Waals surface area contributed by atoms with E-state index in [1.54, 1.807) is 24.3 Å². The van der Waals surface area contributed by atoms with Crippen LogP contribution in [0.3, 0.4) is 0 Å². The molecule has 8 nitrogen and oxygen atoms in total. The van der Waals surface area contributed by atoms with Gasteiger partial charge >= 0.3 is 0 Å². The van der Waals surface area contributed by atoms with E-state index < -0.39 is 14.9 Å². The summed E-state index contributed by atoms with van der Waals surface area (Å²) in [6, 6.07) is 11.3. The molecule has 0 bridgehead atoms. The SMILES string of the molecule is O=C(Cc1ccc(NS(=O)(=O)c2ccc([N+](=O)[O-])cc2)cc1)N1CCCC1. The van der Waals surface area contributed by atoms with E-state index in [4.69, 9.17) is 0 Å². The smallest absolute Gasteiger partial charge is 0.269 e. The number of hydrogen-bond acceptors (Lipinski definition) is 5. The van der Waals surface area contributed by atoms with Crippen molar-refractivity contribution in [3.05, 3.63) is 64.2 Å². The van der Waals surface area contributed by atoms with Crippen molar-refractivity contribution in [3.63, 3.8) is 0 Å². The Hall–Kier alpha value is -2.94. The zero-order valence-corrected chi connectivity index (χ0v) is 15.3. The zero-order valence-electron chi connectivity index (χ0n) is 14.5. The van der Waals surface area contributed by atoms with E-state index in [0.29, 0.717) is 5.69 Å². The molecule has 9 heteroatoms. The molecule has 2 aromatic rings. The summed E-state index contributed by atoms with van der Waals surface area (Å²) in [6.45, 7) is 1.60. The van der Waals surface area contributed by atoms with Gasteiger partial charge in [-0.2, -0.15) is 0 Å². The standard InChI is InChI=1S/C18H19N3O5S/c22-18(20-11-1-2-12-20)13-14-3-5-15(6-4-14)19-27(25,26)17-9-7-16(8-10-17)21(23)24/h3-10,19H,1-2,11-13H2. The number of non-ortho nitro benzene ring substituents is 1. The van der Waals surface area contributed by atoms with E-state index in [2.05, 4.69) is 4.72 Å². The number of carbonyl (C=O) groups is 1. The van der Waals surface area contributed by atoms with Gasteiger partial charge in [-0.3, -0.25) is 19.6 Å². The van der Waals surface area contributed by atoms with Gasteiger partial charge in [0, 0.05) is 30.9 Å². The lowest BCUT2D eigenvalue weighted by Crippen LogP contribution is -2.29. The number of nitro benzene ring substituents is 1. The fourth-order valence-corrected chi connectivity index (χ4v) is 3.96. The molecule has 0 aromatic heterocycles. The van der Waals surface area contributed by atoms with Crippen LogP contribution in [0.2, 0.25) is 0 Å². The maximum absolute atomic E-state index is 12.4. The summed E-state index contributed by atoms with van der Waals surface area (Å²) in [5, 5.41) is 10.7. The topological polar surface area (TPSA) is 110 Å². The van der Waals surface area contributed by atoms with Crippen LogP contribution in [0.25, 0.3) is 0 Å². The predicted octanol–water partition coefficient (Wildman–Crippen LogP) is 2.56. The summed E-state index contributed by atoms with van der Waals surface area (Å²) in [5.41, 5.74) is 0.983. The summed E-state index contributed by atoms with van der Waals surface area (Å²) >= 11 is 0. The number of likely N-dealkylation sites (tertiary alicyclic amines) is 1. The first-order chi connectivity index (χ1) is 12.8. The van der Waals surface area contributed by atoms with Gasteiger partial charge < -0.3 is 4.90 Å². The molecular formula is C18H19N3O5S. The molecule has 1 saturated heterocycles. The van der Waals surface area contributed by atoms with E-state index in [9.17, 15) is 23.3 Å². The number of carbonyl (C=O) groups excluding carboxylic acids is 1. The number of sulfonamides is 1. The lowest BCUT2D eigenvalue weighted by Gasteiger charge is -2.15. The Morgan fingerprint density at radius 2 is 1.63 bits per heavy atom. The molecule has 1 aliphatic heterocycles. The largest absolute Gasteiger partial charge is 0.342 e. The van der Waals surface area contributed by atoms with Crippen molar-refractivity contribution >= 4 is 27.3 Å². The summed E-state index contributed by atoms with van der Waals surface area (Å²) in [6.07, 6.45) is 2.36. The molecule has 1 amide bonds. The first kappa shape index (κ1) is 18.8. The molecule has 1 heterocycles. The average Bonchev–Trinajstić information content (AvgIpc) is 3.18. The van der Waals surface area contributed by atoms with Crippen LogP contribution in [0.1, 0.15) is 18.4 Å². The van der Waals surface area contributed by atoms with Gasteiger partial charge in [0.05, 0.1) is 16.2 Å². The van der Waals surface area contributed by atoms with Crippen molar-refractivity contribution in [2.45, 2.75) is 24.2 Å². The molecule has 3 rings (SSSR count). The maximum atomic E-state index is 12.4. The van der Waals surface area contributed by atoms with Crippen molar-refractivity contribution in [2.24, 2.45) is 0 Å². The lowest BCUT2D eigenvalue weighted by atomic mass is 10.1. The number of nitrogens with zero attached hydrogens (tertiary/aromatic N) is 2. The molecule has 0 aliphatic carbocycles. The van der Waals surface area contributed by atoms with Crippen LogP contribution in [-0.2, 0) is 21.2 Å². The van der Waals surface area contributed by atoms with E-state index in [0.717, 1.165) is 43.6 Å². The number of benzene rings is 2. The Labute approximate surface area is 157 Å². The summed E-state index contributed by atoms with van der Waals surface area (Å²) in [5.74, 6) is 0.0757. The summed E-state index contributed by atoms with van der Waals surface area (Å²) in [4.78, 5) is 24.0. The van der Waals surface area contributed by atoms with Crippen LogP contribution in [0.15, 0.2) is 53.4 Å². The van der Waals surface area contributed by atoms with Crippen molar-refractivity contribution in [1.29, 1.82) is 0 Å². The van der Waals surface area contributed by atoms with Crippen LogP contribution in [-0.4, -0.2) is 37.2 Å². The minimum Gasteiger partial charge on any atom is -0.342 e. The summed E-state index contributed by atoms with van der Waals surface area (Å²) in [7, 11) is -3.85. The molecule has 0 saturated carbocycles. The molecule has 0 atom stereocenters. The van der Waals surface area contributed by atoms with Crippen molar-refractivity contribution in [2.75, 3.05) is 17.8 Å². The highest BCUT2D eigenvalue weighted by Crippen LogP contribution is 2.20. The fraction of sp³-hybridized carbons (Fsp3) is 0.278. The molecule has 0 unspecified atom stereocenters. The molecule has 1 N–H and O–H groups in total. The minimum absolute atomic E-state index is 0.0682. The second-order valence-corrected chi connectivity index (χ2v) is 8.00. The van der Waals surface area contributed by atoms with Gasteiger partial charge in [-0.1, -0.05) is 12.1 Å². The van der Waals surface area contributed by atoms with E-state index in [1.807, 2.05) is 4.90 Å². The first-order valence-corrected chi connectivity index (χ1v) is 9.97. The van der Waals surface area contributed by atoms with Crippen molar-refractivity contribution < 1.29 is 18.1 Å². The third-order valence-electron chi connectivity index (χ3n) is 4.38. The Kier molecular flexibility index (Phi) is 5.41. The third kappa shape index (κ3) is 4.62.